The molecule has 3 aromatic rings. The highest BCUT2D eigenvalue weighted by Gasteiger charge is 2.23. The number of hydrogen-bond donors (Lipinski definition) is 0. The highest BCUT2D eigenvalue weighted by molar-refractivity contribution is 7.22. The number of thiophene rings is 1. The molecule has 0 aliphatic heterocycles. The van der Waals surface area contributed by atoms with Crippen molar-refractivity contribution in [3.05, 3.63) is 54.2 Å². The van der Waals surface area contributed by atoms with Crippen LogP contribution in [0.5, 0.6) is 0 Å². The predicted molar refractivity (Wildman–Crippen MR) is 77.0 cm³/mol. The summed E-state index contributed by atoms with van der Waals surface area (Å²) < 4.78 is 1.33. The second kappa shape index (κ2) is 3.92. The summed E-state index contributed by atoms with van der Waals surface area (Å²) in [6, 6.07) is 15.1. The zero-order valence-corrected chi connectivity index (χ0v) is 10.8. The largest absolute Gasteiger partial charge is 0.255 e. The topological polar surface area (TPSA) is 12.9 Å². The van der Waals surface area contributed by atoms with Gasteiger partial charge in [0.05, 0.1) is 10.6 Å². The third kappa shape index (κ3) is 1.73. The fourth-order valence-electron chi connectivity index (χ4n) is 2.32. The van der Waals surface area contributed by atoms with Crippen molar-refractivity contribution in [1.29, 1.82) is 0 Å². The Hall–Kier alpha value is -1.67. The average Bonchev–Trinajstić information content (AvgIpc) is 3.18. The van der Waals surface area contributed by atoms with Gasteiger partial charge in [0.2, 0.25) is 0 Å². The summed E-state index contributed by atoms with van der Waals surface area (Å²) in [5, 5.41) is 1.31. The first-order valence-corrected chi connectivity index (χ1v) is 7.17. The normalized spacial score (nSPS) is 15.1. The van der Waals surface area contributed by atoms with Crippen LogP contribution >= 0.6 is 11.3 Å². The van der Waals surface area contributed by atoms with E-state index in [1.807, 2.05) is 11.3 Å². The van der Waals surface area contributed by atoms with Gasteiger partial charge in [0.25, 0.3) is 0 Å². The number of rotatable bonds is 2. The fraction of sp³-hybridized carbons (Fsp3) is 0.188. The maximum atomic E-state index is 4.62. The molecule has 0 amide bonds. The molecular formula is C16H13NS. The molecular weight excluding hydrogens is 238 g/mol. The molecule has 18 heavy (non-hydrogen) atoms. The predicted octanol–water partition coefficient (Wildman–Crippen LogP) is 4.84. The lowest BCUT2D eigenvalue weighted by Crippen LogP contribution is -1.83. The van der Waals surface area contributed by atoms with Crippen molar-refractivity contribution in [2.24, 2.45) is 0 Å². The van der Waals surface area contributed by atoms with Crippen LogP contribution in [0.3, 0.4) is 0 Å². The molecule has 0 radical (unpaired) electrons. The van der Waals surface area contributed by atoms with Crippen molar-refractivity contribution in [2.75, 3.05) is 0 Å². The van der Waals surface area contributed by atoms with Crippen molar-refractivity contribution in [2.45, 2.75) is 18.8 Å². The van der Waals surface area contributed by atoms with E-state index in [1.54, 1.807) is 0 Å². The van der Waals surface area contributed by atoms with Crippen molar-refractivity contribution < 1.29 is 0 Å². The molecule has 1 saturated carbocycles. The molecule has 2 heterocycles. The summed E-state index contributed by atoms with van der Waals surface area (Å²) in [5.41, 5.74) is 2.50. The molecule has 0 spiro atoms. The molecule has 1 aromatic carbocycles. The zero-order chi connectivity index (χ0) is 11.9. The number of fused-ring (bicyclic) bond motifs is 1. The van der Waals surface area contributed by atoms with E-state index in [9.17, 15) is 0 Å². The van der Waals surface area contributed by atoms with Gasteiger partial charge in [-0.1, -0.05) is 24.3 Å². The molecule has 0 atom stereocenters. The summed E-state index contributed by atoms with van der Waals surface area (Å²) in [6.07, 6.45) is 4.73. The Balaban J connectivity index is 1.76. The van der Waals surface area contributed by atoms with Crippen molar-refractivity contribution in [3.8, 4) is 10.6 Å². The lowest BCUT2D eigenvalue weighted by molar-refractivity contribution is 1.10. The molecule has 1 aliphatic carbocycles. The summed E-state index contributed by atoms with van der Waals surface area (Å²) >= 11 is 1.82. The minimum absolute atomic E-state index is 0.786. The quantitative estimate of drug-likeness (QED) is 0.635. The van der Waals surface area contributed by atoms with Crippen molar-refractivity contribution in [1.82, 2.24) is 4.98 Å². The molecule has 1 nitrogen and oxygen atoms in total. The summed E-state index contributed by atoms with van der Waals surface area (Å²) in [7, 11) is 0. The van der Waals surface area contributed by atoms with Gasteiger partial charge in [-0.05, 0) is 47.9 Å². The van der Waals surface area contributed by atoms with Gasteiger partial charge in [0.15, 0.2) is 0 Å². The molecule has 1 aliphatic rings. The van der Waals surface area contributed by atoms with Crippen LogP contribution in [0.15, 0.2) is 48.7 Å². The van der Waals surface area contributed by atoms with Crippen LogP contribution in [0, 0.1) is 0 Å². The van der Waals surface area contributed by atoms with Crippen LogP contribution in [0.4, 0.5) is 0 Å². The minimum atomic E-state index is 0.786. The standard InChI is InChI=1S/C16H13NS/c1-2-4-15-12(3-1)9-16(18-15)14-8-7-13(10-17-14)11-5-6-11/h1-4,7-11H,5-6H2. The first-order valence-electron chi connectivity index (χ1n) is 6.35. The first kappa shape index (κ1) is 10.3. The zero-order valence-electron chi connectivity index (χ0n) is 9.97. The maximum absolute atomic E-state index is 4.62. The highest BCUT2D eigenvalue weighted by atomic mass is 32.1. The number of benzene rings is 1. The number of nitrogens with zero attached hydrogens (tertiary/aromatic N) is 1. The smallest absolute Gasteiger partial charge is 0.0802 e. The SMILES string of the molecule is c1ccc2sc(-c3ccc(C4CC4)cn3)cc2c1. The fourth-order valence-corrected chi connectivity index (χ4v) is 3.36. The minimum Gasteiger partial charge on any atom is -0.255 e. The number of aromatic nitrogens is 1. The van der Waals surface area contributed by atoms with E-state index in [2.05, 4.69) is 53.6 Å². The van der Waals surface area contributed by atoms with Gasteiger partial charge in [-0.25, -0.2) is 0 Å². The molecule has 0 saturated heterocycles. The Morgan fingerprint density at radius 2 is 1.94 bits per heavy atom. The molecule has 0 bridgehead atoms. The van der Waals surface area contributed by atoms with Gasteiger partial charge < -0.3 is 0 Å². The van der Waals surface area contributed by atoms with Crippen LogP contribution < -0.4 is 0 Å². The molecule has 0 N–H and O–H groups in total. The van der Waals surface area contributed by atoms with Gasteiger partial charge in [0, 0.05) is 10.9 Å². The lowest BCUT2D eigenvalue weighted by Gasteiger charge is -1.99. The van der Waals surface area contributed by atoms with E-state index in [4.69, 9.17) is 0 Å². The van der Waals surface area contributed by atoms with E-state index in [0.29, 0.717) is 0 Å². The Bertz CT molecular complexity index is 659. The Labute approximate surface area is 110 Å². The van der Waals surface area contributed by atoms with Crippen LogP contribution in [0.1, 0.15) is 24.3 Å². The number of hydrogen-bond acceptors (Lipinski definition) is 2. The second-order valence-corrected chi connectivity index (χ2v) is 5.98. The summed E-state index contributed by atoms with van der Waals surface area (Å²) in [5.74, 6) is 0.786. The third-order valence-electron chi connectivity index (χ3n) is 3.51. The summed E-state index contributed by atoms with van der Waals surface area (Å²) in [4.78, 5) is 5.88. The molecule has 4 rings (SSSR count). The number of pyridine rings is 1. The molecule has 1 fully saturated rings. The molecule has 2 aromatic heterocycles. The van der Waals surface area contributed by atoms with E-state index in [1.165, 1.54) is 33.4 Å². The van der Waals surface area contributed by atoms with E-state index in [-0.39, 0.29) is 0 Å². The Morgan fingerprint density at radius 3 is 2.67 bits per heavy atom. The van der Waals surface area contributed by atoms with E-state index >= 15 is 0 Å². The van der Waals surface area contributed by atoms with Gasteiger partial charge >= 0.3 is 0 Å². The van der Waals surface area contributed by atoms with Gasteiger partial charge in [-0.2, -0.15) is 0 Å². The first-order chi connectivity index (χ1) is 8.90. The molecule has 2 heteroatoms. The maximum Gasteiger partial charge on any atom is 0.0802 e. The van der Waals surface area contributed by atoms with Crippen molar-refractivity contribution in [3.63, 3.8) is 0 Å². The third-order valence-corrected chi connectivity index (χ3v) is 4.65. The average molecular weight is 251 g/mol. The Morgan fingerprint density at radius 1 is 1.06 bits per heavy atom. The van der Waals surface area contributed by atoms with Crippen LogP contribution in [-0.4, -0.2) is 4.98 Å². The van der Waals surface area contributed by atoms with Crippen LogP contribution in [0.25, 0.3) is 20.7 Å². The highest BCUT2D eigenvalue weighted by Crippen LogP contribution is 2.40. The van der Waals surface area contributed by atoms with Crippen molar-refractivity contribution >= 4 is 21.4 Å². The Kier molecular flexibility index (Phi) is 2.24. The molecule has 88 valence electrons. The van der Waals surface area contributed by atoms with Crippen LogP contribution in [-0.2, 0) is 0 Å². The van der Waals surface area contributed by atoms with E-state index in [0.717, 1.165) is 11.6 Å². The van der Waals surface area contributed by atoms with Gasteiger partial charge in [0.1, 0.15) is 0 Å². The monoisotopic (exact) mass is 251 g/mol. The molecule has 0 unspecified atom stereocenters. The van der Waals surface area contributed by atoms with E-state index < -0.39 is 0 Å². The van der Waals surface area contributed by atoms with Crippen LogP contribution in [0.2, 0.25) is 0 Å². The van der Waals surface area contributed by atoms with Gasteiger partial charge in [-0.15, -0.1) is 11.3 Å². The summed E-state index contributed by atoms with van der Waals surface area (Å²) in [6.45, 7) is 0. The lowest BCUT2D eigenvalue weighted by atomic mass is 10.1. The second-order valence-electron chi connectivity index (χ2n) is 4.90. The van der Waals surface area contributed by atoms with Gasteiger partial charge in [-0.3, -0.25) is 4.98 Å².